The second-order valence-electron chi connectivity index (χ2n) is 19.9. The molecule has 1 aromatic rings. The van der Waals surface area contributed by atoms with Crippen LogP contribution in [0.3, 0.4) is 0 Å². The number of ether oxygens (including phenoxy) is 7. The standard InChI is InChI=1S/C46H61N3O18/c1-21-26(63-40(58)34(32(23-14-15-23)49-41(59)67-42(3,4)5)64-30(53)19-61-29(52)16-25(47)38(48)56)18-46(60)37(65-39(57)24-12-10-9-11-13-24)35-44(8,36(55)33(54)31(21)43(46,6)7)27(51)17-28-45(35,20-62-28)66-22(2)50/h9-13,23,25-28,32-35,37,51,54,60H,14-20,47H2,1-8H3,(H2,48,56)(H,49,59)/t25-,26-,27-,28+,32-,33+,34+,35-,37-,44+,45?,46+/m0/s1. The maximum atomic E-state index is 15.1. The molecule has 2 amide bonds. The second-order valence-corrected chi connectivity index (χ2v) is 19.9. The average Bonchev–Trinajstić information content (AvgIpc) is 4.08. The third-order valence-electron chi connectivity index (χ3n) is 13.9. The van der Waals surface area contributed by atoms with Gasteiger partial charge in [-0.3, -0.25) is 19.2 Å². The van der Waals surface area contributed by atoms with Crippen molar-refractivity contribution in [2.24, 2.45) is 34.1 Å². The van der Waals surface area contributed by atoms with Gasteiger partial charge in [0.05, 0.1) is 48.1 Å². The first-order chi connectivity index (χ1) is 31.1. The number of hydrogen-bond donors (Lipinski definition) is 6. The van der Waals surface area contributed by atoms with E-state index in [9.17, 15) is 48.9 Å². The molecule has 6 rings (SSSR count). The Morgan fingerprint density at radius 2 is 1.63 bits per heavy atom. The van der Waals surface area contributed by atoms with Gasteiger partial charge in [0.15, 0.2) is 18.0 Å². The van der Waals surface area contributed by atoms with E-state index < -0.39 is 155 Å². The molecule has 4 fully saturated rings. The predicted octanol–water partition coefficient (Wildman–Crippen LogP) is 0.594. The number of Topliss-reactive ketones (excluding diaryl/α,β-unsaturated/α-hetero) is 1. The predicted molar refractivity (Wildman–Crippen MR) is 228 cm³/mol. The Labute approximate surface area is 386 Å². The average molecular weight is 944 g/mol. The van der Waals surface area contributed by atoms with Crippen LogP contribution in [0.2, 0.25) is 0 Å². The Morgan fingerprint density at radius 1 is 0.985 bits per heavy atom. The van der Waals surface area contributed by atoms with Crippen molar-refractivity contribution in [1.29, 1.82) is 0 Å². The maximum Gasteiger partial charge on any atom is 0.408 e. The fourth-order valence-corrected chi connectivity index (χ4v) is 10.2. The zero-order valence-corrected chi connectivity index (χ0v) is 38.7. The van der Waals surface area contributed by atoms with Crippen molar-refractivity contribution in [2.75, 3.05) is 13.2 Å². The Balaban J connectivity index is 1.45. The molecule has 1 heterocycles. The number of aliphatic hydroxyl groups is 3. The molecule has 3 saturated carbocycles. The molecule has 21 heteroatoms. The summed E-state index contributed by atoms with van der Waals surface area (Å²) in [5.41, 5.74) is 1.50. The lowest BCUT2D eigenvalue weighted by Crippen LogP contribution is -2.81. The van der Waals surface area contributed by atoms with Gasteiger partial charge in [0.1, 0.15) is 35.6 Å². The summed E-state index contributed by atoms with van der Waals surface area (Å²) in [6, 6.07) is 4.95. The van der Waals surface area contributed by atoms with Crippen LogP contribution in [0.4, 0.5) is 4.79 Å². The van der Waals surface area contributed by atoms with Gasteiger partial charge in [-0.05, 0) is 76.7 Å². The fourth-order valence-electron chi connectivity index (χ4n) is 10.2. The summed E-state index contributed by atoms with van der Waals surface area (Å²) < 4.78 is 40.3. The summed E-state index contributed by atoms with van der Waals surface area (Å²) in [6.07, 6.45) is -11.9. The molecule has 0 spiro atoms. The SMILES string of the molecule is CC(=O)OC12CO[C@@H]1C[C@H](O)[C@@]1(C)C(=O)[C@H](O)C3=C(C)[C@@H](OC(=O)[C@H](OC(=O)COC(=O)C[C@H](N)C(N)=O)[C@@H](NC(=O)OC(C)(C)C)C4CC4)C[C@@](O)([C@@H](OC(=O)c4ccccc4)[C@H]21)C3(C)C. The molecule has 4 aliphatic carbocycles. The molecule has 0 radical (unpaired) electrons. The molecule has 2 bridgehead atoms. The summed E-state index contributed by atoms with van der Waals surface area (Å²) in [4.78, 5) is 107. The van der Waals surface area contributed by atoms with E-state index in [-0.39, 0.29) is 29.7 Å². The largest absolute Gasteiger partial charge is 0.455 e. The first-order valence-corrected chi connectivity index (χ1v) is 22.1. The maximum absolute atomic E-state index is 15.1. The second kappa shape index (κ2) is 18.5. The zero-order chi connectivity index (χ0) is 49.8. The normalized spacial score (nSPS) is 32.1. The number of alkyl carbamates (subject to hydrolysis) is 1. The summed E-state index contributed by atoms with van der Waals surface area (Å²) in [7, 11) is 0. The number of aliphatic hydroxyl groups excluding tert-OH is 2. The van der Waals surface area contributed by atoms with Crippen molar-refractivity contribution >= 4 is 47.6 Å². The van der Waals surface area contributed by atoms with Gasteiger partial charge in [0, 0.05) is 25.2 Å². The van der Waals surface area contributed by atoms with Gasteiger partial charge >= 0.3 is 35.9 Å². The Hall–Kier alpha value is -5.48. The number of carbonyl (C=O) groups is 8. The van der Waals surface area contributed by atoms with Crippen LogP contribution in [0, 0.1) is 22.7 Å². The number of ketones is 1. The summed E-state index contributed by atoms with van der Waals surface area (Å²) in [5.74, 6) is -9.55. The molecule has 0 aromatic heterocycles. The Bertz CT molecular complexity index is 2200. The molecular formula is C46H61N3O18. The highest BCUT2D eigenvalue weighted by Gasteiger charge is 2.78. The van der Waals surface area contributed by atoms with Crippen LogP contribution in [-0.2, 0) is 61.9 Å². The van der Waals surface area contributed by atoms with E-state index in [4.69, 9.17) is 44.6 Å². The number of carbonyl (C=O) groups excluding carboxylic acids is 8. The number of esters is 5. The van der Waals surface area contributed by atoms with Crippen molar-refractivity contribution in [2.45, 2.75) is 153 Å². The highest BCUT2D eigenvalue weighted by molar-refractivity contribution is 5.94. The molecule has 21 nitrogen and oxygen atoms in total. The number of amides is 2. The number of fused-ring (bicyclic) bond motifs is 5. The van der Waals surface area contributed by atoms with Crippen LogP contribution in [0.25, 0.3) is 0 Å². The van der Waals surface area contributed by atoms with Crippen LogP contribution >= 0.6 is 0 Å². The van der Waals surface area contributed by atoms with E-state index >= 15 is 4.79 Å². The summed E-state index contributed by atoms with van der Waals surface area (Å²) in [6.45, 7) is 10.3. The van der Waals surface area contributed by atoms with E-state index in [2.05, 4.69) is 5.32 Å². The third-order valence-corrected chi connectivity index (χ3v) is 13.9. The van der Waals surface area contributed by atoms with Crippen LogP contribution < -0.4 is 16.8 Å². The molecule has 5 aliphatic rings. The van der Waals surface area contributed by atoms with E-state index in [1.807, 2.05) is 0 Å². The van der Waals surface area contributed by atoms with Gasteiger partial charge < -0.3 is 65.3 Å². The Morgan fingerprint density at radius 3 is 2.18 bits per heavy atom. The molecule has 1 aromatic carbocycles. The van der Waals surface area contributed by atoms with Crippen LogP contribution in [0.5, 0.6) is 0 Å². The number of benzene rings is 1. The van der Waals surface area contributed by atoms with Crippen molar-refractivity contribution < 1.29 is 86.8 Å². The lowest BCUT2D eigenvalue weighted by molar-refractivity contribution is -0.346. The van der Waals surface area contributed by atoms with Crippen molar-refractivity contribution in [3.05, 3.63) is 47.0 Å². The minimum Gasteiger partial charge on any atom is -0.455 e. The van der Waals surface area contributed by atoms with Gasteiger partial charge in [0.25, 0.3) is 0 Å². The number of hydrogen-bond acceptors (Lipinski definition) is 19. The first-order valence-electron chi connectivity index (χ1n) is 22.1. The molecule has 67 heavy (non-hydrogen) atoms. The Kier molecular flexibility index (Phi) is 14.1. The fraction of sp³-hybridized carbons (Fsp3) is 0.652. The van der Waals surface area contributed by atoms with Crippen LogP contribution in [-0.4, -0.2) is 142 Å². The minimum absolute atomic E-state index is 0.0266. The molecule has 368 valence electrons. The molecule has 1 saturated heterocycles. The van der Waals surface area contributed by atoms with Gasteiger partial charge in [-0.25, -0.2) is 19.2 Å². The zero-order valence-electron chi connectivity index (χ0n) is 38.7. The van der Waals surface area contributed by atoms with Crippen molar-refractivity contribution in [1.82, 2.24) is 5.32 Å². The smallest absolute Gasteiger partial charge is 0.408 e. The number of nitrogens with two attached hydrogens (primary N) is 2. The first kappa shape index (κ1) is 50.9. The van der Waals surface area contributed by atoms with Crippen molar-refractivity contribution in [3.8, 4) is 0 Å². The minimum atomic E-state index is -2.47. The number of nitrogens with one attached hydrogen (secondary N) is 1. The van der Waals surface area contributed by atoms with Gasteiger partial charge in [-0.1, -0.05) is 32.0 Å². The monoisotopic (exact) mass is 943 g/mol. The van der Waals surface area contributed by atoms with E-state index in [1.54, 1.807) is 39.0 Å². The highest BCUT2D eigenvalue weighted by atomic mass is 16.6. The molecule has 1 aliphatic heterocycles. The molecule has 12 atom stereocenters. The number of primary amides is 1. The lowest BCUT2D eigenvalue weighted by Gasteiger charge is -2.67. The van der Waals surface area contributed by atoms with Gasteiger partial charge in [0.2, 0.25) is 12.0 Å². The molecule has 1 unspecified atom stereocenters. The van der Waals surface area contributed by atoms with Gasteiger partial charge in [-0.2, -0.15) is 0 Å². The summed E-state index contributed by atoms with van der Waals surface area (Å²) >= 11 is 0. The van der Waals surface area contributed by atoms with E-state index in [0.29, 0.717) is 12.8 Å². The van der Waals surface area contributed by atoms with Crippen molar-refractivity contribution in [3.63, 3.8) is 0 Å². The van der Waals surface area contributed by atoms with E-state index in [0.717, 1.165) is 6.92 Å². The van der Waals surface area contributed by atoms with E-state index in [1.165, 1.54) is 39.8 Å². The lowest BCUT2D eigenvalue weighted by atomic mass is 9.44. The van der Waals surface area contributed by atoms with Gasteiger partial charge in [-0.15, -0.1) is 0 Å². The topological polar surface area (TPSA) is 326 Å². The summed E-state index contributed by atoms with van der Waals surface area (Å²) in [5, 5.41) is 40.4. The highest BCUT2D eigenvalue weighted by Crippen LogP contribution is 2.64. The third kappa shape index (κ3) is 9.65. The van der Waals surface area contributed by atoms with Crippen LogP contribution in [0.15, 0.2) is 41.5 Å². The molecular weight excluding hydrogens is 883 g/mol. The molecule has 8 N–H and O–H groups in total. The number of rotatable bonds is 14. The quantitative estimate of drug-likeness (QED) is 0.0845. The van der Waals surface area contributed by atoms with Crippen LogP contribution in [0.1, 0.15) is 97.9 Å².